The van der Waals surface area contributed by atoms with Gasteiger partial charge in [-0.2, -0.15) is 0 Å². The van der Waals surface area contributed by atoms with Crippen LogP contribution >= 0.6 is 0 Å². The molecule has 5 aliphatic carbocycles. The van der Waals surface area contributed by atoms with E-state index < -0.39 is 22.9 Å². The van der Waals surface area contributed by atoms with Crippen molar-refractivity contribution in [2.75, 3.05) is 0 Å². The molecule has 0 saturated heterocycles. The number of hydrogen-bond acceptors (Lipinski definition) is 3. The molecule has 0 unspecified atom stereocenters. The van der Waals surface area contributed by atoms with Crippen molar-refractivity contribution in [3.8, 4) is 0 Å². The lowest BCUT2D eigenvalue weighted by Crippen LogP contribution is -2.65. The molecule has 0 aromatic rings. The summed E-state index contributed by atoms with van der Waals surface area (Å²) in [7, 11) is 0. The van der Waals surface area contributed by atoms with E-state index in [4.69, 9.17) is 0 Å². The number of aliphatic hydroxyl groups is 1. The van der Waals surface area contributed by atoms with Gasteiger partial charge in [-0.3, -0.25) is 4.79 Å². The van der Waals surface area contributed by atoms with Gasteiger partial charge in [-0.1, -0.05) is 46.3 Å². The smallest absolute Gasteiger partial charge is 0.309 e. The predicted octanol–water partition coefficient (Wildman–Crippen LogP) is 6.41. The summed E-state index contributed by atoms with van der Waals surface area (Å²) in [6.07, 6.45) is 12.8. The predicted molar refractivity (Wildman–Crippen MR) is 133 cm³/mol. The number of aliphatic carboxylic acids is 1. The van der Waals surface area contributed by atoms with E-state index in [1.165, 1.54) is 12.8 Å². The number of allylic oxidation sites excluding steroid dienone is 2. The summed E-state index contributed by atoms with van der Waals surface area (Å²) in [5.41, 5.74) is 0.715. The second-order valence-electron chi connectivity index (χ2n) is 14.6. The highest BCUT2D eigenvalue weighted by Crippen LogP contribution is 2.75. The Labute approximate surface area is 206 Å². The molecule has 0 aromatic heterocycles. The molecule has 2 N–H and O–H groups in total. The Hall–Kier alpha value is -1.16. The van der Waals surface area contributed by atoms with Crippen molar-refractivity contribution in [2.24, 2.45) is 50.2 Å². The van der Waals surface area contributed by atoms with E-state index in [-0.39, 0.29) is 27.6 Å². The Balaban J connectivity index is 1.57. The molecule has 4 nitrogen and oxygen atoms in total. The molecule has 4 fully saturated rings. The highest BCUT2D eigenvalue weighted by Gasteiger charge is 2.68. The fourth-order valence-electron chi connectivity index (χ4n) is 10.4. The molecular weight excluding hydrogens is 424 g/mol. The Morgan fingerprint density at radius 1 is 0.941 bits per heavy atom. The average Bonchev–Trinajstić information content (AvgIpc) is 2.78. The van der Waals surface area contributed by atoms with Crippen LogP contribution in [0.1, 0.15) is 106 Å². The number of hydrogen-bond donors (Lipinski definition) is 2. The highest BCUT2D eigenvalue weighted by molar-refractivity contribution is 5.74. The second kappa shape index (κ2) is 7.20. The fraction of sp³-hybridized carbons (Fsp3) is 0.867. The van der Waals surface area contributed by atoms with E-state index >= 15 is 0 Å². The lowest BCUT2D eigenvalue weighted by Gasteiger charge is -2.71. The molecule has 0 amide bonds. The van der Waals surface area contributed by atoms with Crippen LogP contribution in [0.25, 0.3) is 0 Å². The number of aldehydes is 1. The minimum atomic E-state index is -0.656. The molecule has 34 heavy (non-hydrogen) atoms. The van der Waals surface area contributed by atoms with Gasteiger partial charge in [-0.05, 0) is 111 Å². The topological polar surface area (TPSA) is 74.6 Å². The average molecular weight is 471 g/mol. The second-order valence-corrected chi connectivity index (χ2v) is 14.6. The molecule has 0 radical (unpaired) electrons. The highest BCUT2D eigenvalue weighted by atomic mass is 16.4. The van der Waals surface area contributed by atoms with E-state index in [1.807, 2.05) is 13.8 Å². The van der Waals surface area contributed by atoms with Gasteiger partial charge in [0.2, 0.25) is 0 Å². The van der Waals surface area contributed by atoms with E-state index in [0.717, 1.165) is 51.2 Å². The zero-order chi connectivity index (χ0) is 24.9. The van der Waals surface area contributed by atoms with Gasteiger partial charge < -0.3 is 15.0 Å². The van der Waals surface area contributed by atoms with E-state index in [2.05, 4.69) is 33.8 Å². The summed E-state index contributed by atoms with van der Waals surface area (Å²) >= 11 is 0. The molecule has 0 bridgehead atoms. The van der Waals surface area contributed by atoms with Crippen molar-refractivity contribution in [1.82, 2.24) is 0 Å². The molecule has 0 aromatic carbocycles. The summed E-state index contributed by atoms with van der Waals surface area (Å²) in [5, 5.41) is 20.9. The van der Waals surface area contributed by atoms with Crippen molar-refractivity contribution in [1.29, 1.82) is 0 Å². The van der Waals surface area contributed by atoms with Crippen molar-refractivity contribution in [2.45, 2.75) is 112 Å². The van der Waals surface area contributed by atoms with E-state index in [1.54, 1.807) is 5.57 Å². The number of aliphatic hydroxyl groups excluding tert-OH is 1. The van der Waals surface area contributed by atoms with E-state index in [0.29, 0.717) is 18.3 Å². The quantitative estimate of drug-likeness (QED) is 0.361. The lowest BCUT2D eigenvalue weighted by molar-refractivity contribution is -0.203. The van der Waals surface area contributed by atoms with Crippen molar-refractivity contribution in [3.05, 3.63) is 11.6 Å². The third-order valence-corrected chi connectivity index (χ3v) is 13.3. The van der Waals surface area contributed by atoms with Crippen LogP contribution in [0, 0.1) is 50.2 Å². The SMILES string of the molecule is C[C@@]1(C(=O)O)CC[C@]2(C)CC[C@]3(C)C(=CC[C@@H]4[C@@]5(C)CC[C@@H](O)[C@@](C)(C=O)[C@@H]5CC[C@]43C)[C@@H]2C1. The van der Waals surface area contributed by atoms with Crippen LogP contribution in [0.4, 0.5) is 0 Å². The number of carboxylic acids is 1. The van der Waals surface area contributed by atoms with Crippen LogP contribution in [-0.2, 0) is 9.59 Å². The van der Waals surface area contributed by atoms with Crippen LogP contribution in [0.15, 0.2) is 11.6 Å². The zero-order valence-corrected chi connectivity index (χ0v) is 22.2. The molecule has 190 valence electrons. The maximum absolute atomic E-state index is 12.3. The Bertz CT molecular complexity index is 940. The standard InChI is InChI=1S/C30H46O4/c1-25-13-14-26(2,24(33)34)17-20(25)19-7-8-22-27(3)11-10-23(32)28(4,18-31)21(27)9-12-30(22,6)29(19,5)16-15-25/h7,18,20-23,32H,8-17H2,1-6H3,(H,33,34)/t20-,21+,22+,23+,25+,26+,27-,28-,29+,30+/m0/s1. The van der Waals surface area contributed by atoms with Gasteiger partial charge in [-0.25, -0.2) is 0 Å². The lowest BCUT2D eigenvalue weighted by atomic mass is 9.33. The fourth-order valence-corrected chi connectivity index (χ4v) is 10.4. The monoisotopic (exact) mass is 470 g/mol. The first-order valence-corrected chi connectivity index (χ1v) is 13.8. The third-order valence-electron chi connectivity index (χ3n) is 13.3. The number of rotatable bonds is 2. The summed E-state index contributed by atoms with van der Waals surface area (Å²) in [5.74, 6) is 0.414. The van der Waals surface area contributed by atoms with Crippen LogP contribution in [0.3, 0.4) is 0 Å². The first-order chi connectivity index (χ1) is 15.7. The molecule has 5 rings (SSSR count). The number of carbonyl (C=O) groups is 2. The molecule has 0 spiro atoms. The maximum Gasteiger partial charge on any atom is 0.309 e. The van der Waals surface area contributed by atoms with Gasteiger partial charge in [0, 0.05) is 0 Å². The largest absolute Gasteiger partial charge is 0.481 e. The minimum Gasteiger partial charge on any atom is -0.481 e. The van der Waals surface area contributed by atoms with Gasteiger partial charge in [-0.15, -0.1) is 0 Å². The molecule has 4 saturated carbocycles. The molecule has 10 atom stereocenters. The Morgan fingerprint density at radius 2 is 1.62 bits per heavy atom. The summed E-state index contributed by atoms with van der Waals surface area (Å²) in [4.78, 5) is 24.5. The third kappa shape index (κ3) is 2.81. The minimum absolute atomic E-state index is 0.0375. The normalized spacial score (nSPS) is 56.7. The first kappa shape index (κ1) is 24.5. The van der Waals surface area contributed by atoms with Gasteiger partial charge in [0.1, 0.15) is 6.29 Å². The van der Waals surface area contributed by atoms with Gasteiger partial charge in [0.15, 0.2) is 0 Å². The zero-order valence-electron chi connectivity index (χ0n) is 22.2. The molecule has 0 aliphatic heterocycles. The molecular formula is C30H46O4. The summed E-state index contributed by atoms with van der Waals surface area (Å²) in [6.45, 7) is 13.8. The first-order valence-electron chi connectivity index (χ1n) is 13.8. The van der Waals surface area contributed by atoms with Gasteiger partial charge in [0.05, 0.1) is 16.9 Å². The molecule has 5 aliphatic rings. The van der Waals surface area contributed by atoms with Crippen molar-refractivity contribution < 1.29 is 19.8 Å². The maximum atomic E-state index is 12.3. The Kier molecular flexibility index (Phi) is 5.20. The summed E-state index contributed by atoms with van der Waals surface area (Å²) in [6, 6.07) is 0. The molecule has 0 heterocycles. The van der Waals surface area contributed by atoms with Gasteiger partial charge >= 0.3 is 5.97 Å². The molecule has 4 heteroatoms. The van der Waals surface area contributed by atoms with Crippen LogP contribution < -0.4 is 0 Å². The van der Waals surface area contributed by atoms with Crippen LogP contribution in [0.2, 0.25) is 0 Å². The van der Waals surface area contributed by atoms with Crippen molar-refractivity contribution in [3.63, 3.8) is 0 Å². The number of carbonyl (C=O) groups excluding carboxylic acids is 1. The van der Waals surface area contributed by atoms with Crippen molar-refractivity contribution >= 4 is 12.3 Å². The Morgan fingerprint density at radius 3 is 2.26 bits per heavy atom. The number of carboxylic acid groups (broad SMARTS) is 1. The number of fused-ring (bicyclic) bond motifs is 7. The summed E-state index contributed by atoms with van der Waals surface area (Å²) < 4.78 is 0. The van der Waals surface area contributed by atoms with Gasteiger partial charge in [0.25, 0.3) is 0 Å². The van der Waals surface area contributed by atoms with E-state index in [9.17, 15) is 19.8 Å². The van der Waals surface area contributed by atoms with Crippen LogP contribution in [-0.4, -0.2) is 28.6 Å². The van der Waals surface area contributed by atoms with Crippen LogP contribution in [0.5, 0.6) is 0 Å².